The van der Waals surface area contributed by atoms with Crippen LogP contribution in [0, 0.1) is 5.82 Å². The SMILES string of the molecule is CCCCCCCCCCCCN(C)C(=O)Cn1cc(Cc2cn(C)c(SCc3ccc(F)cc3)nc2=O)cnc1=O. The molecule has 8 nitrogen and oxygen atoms in total. The molecule has 0 N–H and O–H groups in total. The van der Waals surface area contributed by atoms with Crippen LogP contribution in [0.3, 0.4) is 0 Å². The highest BCUT2D eigenvalue weighted by Gasteiger charge is 2.13. The number of likely N-dealkylation sites (N-methyl/N-ethyl adjacent to an activating group) is 1. The summed E-state index contributed by atoms with van der Waals surface area (Å²) in [7, 11) is 3.58. The number of aryl methyl sites for hydroxylation is 1. The zero-order chi connectivity index (χ0) is 30.3. The Hall–Kier alpha value is -3.27. The second kappa shape index (κ2) is 17.6. The number of hydrogen-bond donors (Lipinski definition) is 0. The van der Waals surface area contributed by atoms with Crippen molar-refractivity contribution in [1.29, 1.82) is 0 Å². The summed E-state index contributed by atoms with van der Waals surface area (Å²) in [4.78, 5) is 47.8. The summed E-state index contributed by atoms with van der Waals surface area (Å²) in [5.74, 6) is 0.114. The summed E-state index contributed by atoms with van der Waals surface area (Å²) >= 11 is 1.39. The average molecular weight is 598 g/mol. The summed E-state index contributed by atoms with van der Waals surface area (Å²) in [5.41, 5.74) is 1.17. The first-order valence-electron chi connectivity index (χ1n) is 15.0. The lowest BCUT2D eigenvalue weighted by molar-refractivity contribution is -0.130. The highest BCUT2D eigenvalue weighted by Crippen LogP contribution is 2.20. The zero-order valence-corrected chi connectivity index (χ0v) is 26.0. The van der Waals surface area contributed by atoms with Gasteiger partial charge < -0.3 is 9.47 Å². The molecule has 42 heavy (non-hydrogen) atoms. The van der Waals surface area contributed by atoms with E-state index in [0.717, 1.165) is 18.4 Å². The standard InChI is InChI=1S/C32H44FN5O3S/c1-4-5-6-7-8-9-10-11-12-13-18-36(2)29(39)23-38-21-26(20-34-31(38)41)19-27-22-37(3)32(35-30(27)40)42-24-25-14-16-28(33)17-15-25/h14-17,20-22H,4-13,18-19,23-24H2,1-3H3. The van der Waals surface area contributed by atoms with E-state index in [1.54, 1.807) is 41.0 Å². The Labute approximate surface area is 252 Å². The second-order valence-corrected chi connectivity index (χ2v) is 11.9. The molecule has 0 bridgehead atoms. The van der Waals surface area contributed by atoms with E-state index < -0.39 is 5.69 Å². The first kappa shape index (κ1) is 33.2. The number of nitrogens with zero attached hydrogens (tertiary/aromatic N) is 5. The van der Waals surface area contributed by atoms with Crippen molar-refractivity contribution in [3.8, 4) is 0 Å². The number of hydrogen-bond acceptors (Lipinski definition) is 6. The molecule has 0 saturated carbocycles. The third-order valence-electron chi connectivity index (χ3n) is 7.29. The van der Waals surface area contributed by atoms with Crippen molar-refractivity contribution >= 4 is 17.7 Å². The van der Waals surface area contributed by atoms with E-state index in [2.05, 4.69) is 16.9 Å². The smallest absolute Gasteiger partial charge is 0.344 e. The maximum Gasteiger partial charge on any atom is 0.347 e. The number of halogens is 1. The van der Waals surface area contributed by atoms with Crippen molar-refractivity contribution < 1.29 is 9.18 Å². The van der Waals surface area contributed by atoms with Crippen molar-refractivity contribution in [3.63, 3.8) is 0 Å². The molecule has 0 spiro atoms. The van der Waals surface area contributed by atoms with Crippen molar-refractivity contribution in [2.24, 2.45) is 7.05 Å². The number of benzene rings is 1. The highest BCUT2D eigenvalue weighted by atomic mass is 32.2. The zero-order valence-electron chi connectivity index (χ0n) is 25.2. The molecule has 0 radical (unpaired) electrons. The van der Waals surface area contributed by atoms with E-state index in [1.165, 1.54) is 86.0 Å². The molecule has 10 heteroatoms. The molecule has 3 rings (SSSR count). The number of carbonyl (C=O) groups excluding carboxylic acids is 1. The largest absolute Gasteiger partial charge is 0.347 e. The lowest BCUT2D eigenvalue weighted by Gasteiger charge is -2.18. The van der Waals surface area contributed by atoms with E-state index >= 15 is 0 Å². The van der Waals surface area contributed by atoms with Crippen LogP contribution in [0.4, 0.5) is 4.39 Å². The summed E-state index contributed by atoms with van der Waals surface area (Å²) in [6.07, 6.45) is 17.3. The van der Waals surface area contributed by atoms with Crippen LogP contribution in [0.5, 0.6) is 0 Å². The van der Waals surface area contributed by atoms with E-state index in [4.69, 9.17) is 0 Å². The van der Waals surface area contributed by atoms with Gasteiger partial charge in [0.05, 0.1) is 0 Å². The van der Waals surface area contributed by atoms with E-state index in [1.807, 2.05) is 7.05 Å². The van der Waals surface area contributed by atoms with Crippen molar-refractivity contribution in [1.82, 2.24) is 24.0 Å². The number of rotatable bonds is 18. The molecule has 0 aliphatic rings. The minimum atomic E-state index is -0.502. The fourth-order valence-corrected chi connectivity index (χ4v) is 5.61. The monoisotopic (exact) mass is 597 g/mol. The van der Waals surface area contributed by atoms with Gasteiger partial charge in [-0.3, -0.25) is 14.2 Å². The highest BCUT2D eigenvalue weighted by molar-refractivity contribution is 7.98. The molecular weight excluding hydrogens is 553 g/mol. The number of thioether (sulfide) groups is 1. The van der Waals surface area contributed by atoms with Gasteiger partial charge in [-0.05, 0) is 29.7 Å². The van der Waals surface area contributed by atoms with Gasteiger partial charge in [-0.1, -0.05) is 88.6 Å². The molecule has 0 aliphatic carbocycles. The Morgan fingerprint density at radius 2 is 1.57 bits per heavy atom. The summed E-state index contributed by atoms with van der Waals surface area (Å²) in [6.45, 7) is 2.80. The van der Waals surface area contributed by atoms with Crippen LogP contribution in [0.15, 0.2) is 57.6 Å². The van der Waals surface area contributed by atoms with Crippen LogP contribution in [-0.2, 0) is 30.6 Å². The predicted molar refractivity (Wildman–Crippen MR) is 166 cm³/mol. The lowest BCUT2D eigenvalue weighted by Crippen LogP contribution is -2.35. The Morgan fingerprint density at radius 3 is 2.24 bits per heavy atom. The van der Waals surface area contributed by atoms with Crippen LogP contribution in [-0.4, -0.2) is 43.5 Å². The average Bonchev–Trinajstić information content (AvgIpc) is 2.97. The van der Waals surface area contributed by atoms with E-state index in [0.29, 0.717) is 28.6 Å². The Morgan fingerprint density at radius 1 is 0.929 bits per heavy atom. The maximum atomic E-state index is 13.1. The van der Waals surface area contributed by atoms with Crippen molar-refractivity contribution in [2.45, 2.75) is 95.0 Å². The third kappa shape index (κ3) is 11.2. The van der Waals surface area contributed by atoms with Crippen LogP contribution in [0.25, 0.3) is 0 Å². The fraction of sp³-hybridized carbons (Fsp3) is 0.531. The van der Waals surface area contributed by atoms with Gasteiger partial charge in [0.1, 0.15) is 12.4 Å². The van der Waals surface area contributed by atoms with Gasteiger partial charge in [-0.15, -0.1) is 0 Å². The molecule has 0 unspecified atom stereocenters. The molecule has 1 amide bonds. The first-order chi connectivity index (χ1) is 20.3. The summed E-state index contributed by atoms with van der Waals surface area (Å²) in [6, 6.07) is 6.22. The maximum absolute atomic E-state index is 13.1. The van der Waals surface area contributed by atoms with Gasteiger partial charge >= 0.3 is 5.69 Å². The molecule has 3 aromatic rings. The first-order valence-corrected chi connectivity index (χ1v) is 16.0. The fourth-order valence-electron chi connectivity index (χ4n) is 4.72. The quantitative estimate of drug-likeness (QED) is 0.106. The number of carbonyl (C=O) groups is 1. The minimum Gasteiger partial charge on any atom is -0.344 e. The molecule has 0 fully saturated rings. The topological polar surface area (TPSA) is 90.1 Å². The van der Waals surface area contributed by atoms with Crippen LogP contribution in [0.1, 0.15) is 87.8 Å². The normalized spacial score (nSPS) is 11.1. The molecule has 2 heterocycles. The minimum absolute atomic E-state index is 0.0941. The summed E-state index contributed by atoms with van der Waals surface area (Å²) < 4.78 is 16.2. The molecule has 0 saturated heterocycles. The number of aromatic nitrogens is 4. The predicted octanol–water partition coefficient (Wildman–Crippen LogP) is 5.74. The van der Waals surface area contributed by atoms with Crippen molar-refractivity contribution in [3.05, 3.63) is 86.2 Å². The van der Waals surface area contributed by atoms with Gasteiger partial charge in [-0.2, -0.15) is 4.98 Å². The second-order valence-electron chi connectivity index (χ2n) is 10.9. The van der Waals surface area contributed by atoms with E-state index in [9.17, 15) is 18.8 Å². The van der Waals surface area contributed by atoms with Gasteiger partial charge in [0.15, 0.2) is 5.16 Å². The van der Waals surface area contributed by atoms with Crippen LogP contribution >= 0.6 is 11.8 Å². The Balaban J connectivity index is 1.48. The van der Waals surface area contributed by atoms with Crippen molar-refractivity contribution in [2.75, 3.05) is 13.6 Å². The number of amides is 1. The van der Waals surface area contributed by atoms with Gasteiger partial charge in [0.25, 0.3) is 5.56 Å². The Bertz CT molecular complexity index is 1390. The molecule has 2 aromatic heterocycles. The molecule has 1 aromatic carbocycles. The number of unbranched alkanes of at least 4 members (excludes halogenated alkanes) is 9. The van der Waals surface area contributed by atoms with Gasteiger partial charge in [0.2, 0.25) is 5.91 Å². The lowest BCUT2D eigenvalue weighted by atomic mass is 10.1. The molecular formula is C32H44FN5O3S. The van der Waals surface area contributed by atoms with E-state index in [-0.39, 0.29) is 30.2 Å². The summed E-state index contributed by atoms with van der Waals surface area (Å²) in [5, 5.41) is 0.548. The molecule has 0 atom stereocenters. The van der Waals surface area contributed by atoms with Gasteiger partial charge in [0, 0.05) is 57.0 Å². The van der Waals surface area contributed by atoms with Gasteiger partial charge in [-0.25, -0.2) is 14.2 Å². The molecule has 0 aliphatic heterocycles. The Kier molecular flexibility index (Phi) is 14.0. The van der Waals surface area contributed by atoms with Crippen LogP contribution in [0.2, 0.25) is 0 Å². The third-order valence-corrected chi connectivity index (χ3v) is 8.40. The van der Waals surface area contributed by atoms with Crippen LogP contribution < -0.4 is 11.2 Å². The molecule has 228 valence electrons.